The Labute approximate surface area is 130 Å². The minimum absolute atomic E-state index is 0.457. The van der Waals surface area contributed by atoms with Crippen molar-refractivity contribution in [3.05, 3.63) is 28.2 Å². The summed E-state index contributed by atoms with van der Waals surface area (Å²) in [6.07, 6.45) is 5.03. The highest BCUT2D eigenvalue weighted by atomic mass is 79.9. The van der Waals surface area contributed by atoms with Crippen molar-refractivity contribution in [1.29, 1.82) is 0 Å². The maximum atomic E-state index is 5.98. The lowest BCUT2D eigenvalue weighted by Crippen LogP contribution is -2.13. The van der Waals surface area contributed by atoms with E-state index < -0.39 is 0 Å². The first-order chi connectivity index (χ1) is 9.81. The first kappa shape index (κ1) is 15.8. The van der Waals surface area contributed by atoms with E-state index in [4.69, 9.17) is 9.47 Å². The van der Waals surface area contributed by atoms with E-state index in [1.165, 1.54) is 18.4 Å². The molecule has 0 bridgehead atoms. The second kappa shape index (κ2) is 8.65. The summed E-state index contributed by atoms with van der Waals surface area (Å²) in [5, 5.41) is 3.35. The van der Waals surface area contributed by atoms with E-state index in [1.807, 2.05) is 6.07 Å². The molecule has 0 saturated carbocycles. The number of para-hydroxylation sites is 1. The van der Waals surface area contributed by atoms with Crippen LogP contribution in [0.15, 0.2) is 22.7 Å². The Kier molecular flexibility index (Phi) is 6.83. The minimum atomic E-state index is 0.457. The van der Waals surface area contributed by atoms with Gasteiger partial charge in [0.25, 0.3) is 0 Å². The van der Waals surface area contributed by atoms with Crippen molar-refractivity contribution in [2.45, 2.75) is 45.3 Å². The zero-order valence-corrected chi connectivity index (χ0v) is 13.7. The van der Waals surface area contributed by atoms with Crippen molar-refractivity contribution in [1.82, 2.24) is 5.32 Å². The molecule has 1 aromatic rings. The minimum Gasteiger partial charge on any atom is -0.492 e. The monoisotopic (exact) mass is 341 g/mol. The molecule has 0 aromatic heterocycles. The predicted molar refractivity (Wildman–Crippen MR) is 85.2 cm³/mol. The largest absolute Gasteiger partial charge is 0.492 e. The molecule has 0 spiro atoms. The average molecular weight is 342 g/mol. The average Bonchev–Trinajstić information content (AvgIpc) is 2.96. The van der Waals surface area contributed by atoms with Gasteiger partial charge in [0.15, 0.2) is 0 Å². The quantitative estimate of drug-likeness (QED) is 0.727. The van der Waals surface area contributed by atoms with Crippen LogP contribution in [0.2, 0.25) is 0 Å². The van der Waals surface area contributed by atoms with Crippen LogP contribution in [0.5, 0.6) is 5.75 Å². The van der Waals surface area contributed by atoms with Gasteiger partial charge in [0, 0.05) is 18.7 Å². The Balaban J connectivity index is 1.81. The molecular formula is C16H24BrNO2. The molecule has 1 aliphatic heterocycles. The Morgan fingerprint density at radius 1 is 1.45 bits per heavy atom. The standard InChI is InChI=1S/C16H24BrNO2/c1-2-18-12-13-6-3-9-15(17)16(13)20-11-5-8-14-7-4-10-19-14/h3,6,9,14,18H,2,4-5,7-8,10-12H2,1H3. The van der Waals surface area contributed by atoms with Gasteiger partial charge in [-0.05, 0) is 54.2 Å². The van der Waals surface area contributed by atoms with Crippen molar-refractivity contribution in [2.24, 2.45) is 0 Å². The number of halogens is 1. The van der Waals surface area contributed by atoms with Gasteiger partial charge < -0.3 is 14.8 Å². The number of hydrogen-bond donors (Lipinski definition) is 1. The van der Waals surface area contributed by atoms with Gasteiger partial charge in [-0.3, -0.25) is 0 Å². The van der Waals surface area contributed by atoms with Gasteiger partial charge in [-0.15, -0.1) is 0 Å². The van der Waals surface area contributed by atoms with Crippen molar-refractivity contribution in [3.8, 4) is 5.75 Å². The zero-order chi connectivity index (χ0) is 14.2. The molecule has 1 N–H and O–H groups in total. The summed E-state index contributed by atoms with van der Waals surface area (Å²) < 4.78 is 12.6. The topological polar surface area (TPSA) is 30.5 Å². The van der Waals surface area contributed by atoms with E-state index in [0.717, 1.165) is 49.4 Å². The fourth-order valence-electron chi connectivity index (χ4n) is 2.47. The van der Waals surface area contributed by atoms with Gasteiger partial charge >= 0.3 is 0 Å². The van der Waals surface area contributed by atoms with Crippen molar-refractivity contribution in [3.63, 3.8) is 0 Å². The van der Waals surface area contributed by atoms with Crippen LogP contribution in [0, 0.1) is 0 Å². The maximum absolute atomic E-state index is 5.98. The lowest BCUT2D eigenvalue weighted by Gasteiger charge is -2.14. The highest BCUT2D eigenvalue weighted by Gasteiger charge is 2.15. The van der Waals surface area contributed by atoms with Gasteiger partial charge in [-0.1, -0.05) is 19.1 Å². The molecule has 4 heteroatoms. The van der Waals surface area contributed by atoms with Crippen LogP contribution in [0.3, 0.4) is 0 Å². The summed E-state index contributed by atoms with van der Waals surface area (Å²) in [7, 11) is 0. The normalized spacial score (nSPS) is 18.4. The van der Waals surface area contributed by atoms with Crippen LogP contribution in [-0.4, -0.2) is 25.9 Å². The van der Waals surface area contributed by atoms with Gasteiger partial charge in [0.2, 0.25) is 0 Å². The molecular weight excluding hydrogens is 318 g/mol. The predicted octanol–water partition coefficient (Wildman–Crippen LogP) is 3.90. The summed E-state index contributed by atoms with van der Waals surface area (Å²) in [6.45, 7) is 5.60. The zero-order valence-electron chi connectivity index (χ0n) is 12.2. The third kappa shape index (κ3) is 4.76. The SMILES string of the molecule is CCNCc1cccc(Br)c1OCCCC1CCCO1. The van der Waals surface area contributed by atoms with Crippen LogP contribution in [0.4, 0.5) is 0 Å². The molecule has 2 rings (SSSR count). The molecule has 1 aromatic carbocycles. The van der Waals surface area contributed by atoms with Gasteiger partial charge in [0.1, 0.15) is 5.75 Å². The van der Waals surface area contributed by atoms with Crippen LogP contribution in [0.25, 0.3) is 0 Å². The fourth-order valence-corrected chi connectivity index (χ4v) is 2.99. The van der Waals surface area contributed by atoms with E-state index in [9.17, 15) is 0 Å². The molecule has 3 nitrogen and oxygen atoms in total. The van der Waals surface area contributed by atoms with Crippen LogP contribution >= 0.6 is 15.9 Å². The van der Waals surface area contributed by atoms with Gasteiger partial charge in [-0.2, -0.15) is 0 Å². The molecule has 20 heavy (non-hydrogen) atoms. The molecule has 1 aliphatic rings. The summed E-state index contributed by atoms with van der Waals surface area (Å²) in [5.41, 5.74) is 1.21. The number of benzene rings is 1. The fraction of sp³-hybridized carbons (Fsp3) is 0.625. The van der Waals surface area contributed by atoms with Crippen molar-refractivity contribution >= 4 is 15.9 Å². The maximum Gasteiger partial charge on any atom is 0.137 e. The first-order valence-electron chi connectivity index (χ1n) is 7.53. The number of hydrogen-bond acceptors (Lipinski definition) is 3. The molecule has 1 atom stereocenters. The highest BCUT2D eigenvalue weighted by molar-refractivity contribution is 9.10. The summed E-state index contributed by atoms with van der Waals surface area (Å²) in [5.74, 6) is 0.973. The Bertz CT molecular complexity index is 405. The molecule has 1 fully saturated rings. The molecule has 1 heterocycles. The third-order valence-corrected chi connectivity index (χ3v) is 4.18. The van der Waals surface area contributed by atoms with Gasteiger partial charge in [-0.25, -0.2) is 0 Å². The second-order valence-corrected chi connectivity index (χ2v) is 5.99. The lowest BCUT2D eigenvalue weighted by atomic mass is 10.1. The van der Waals surface area contributed by atoms with Crippen LogP contribution in [-0.2, 0) is 11.3 Å². The molecule has 0 amide bonds. The summed E-state index contributed by atoms with van der Waals surface area (Å²) in [4.78, 5) is 0. The Morgan fingerprint density at radius 2 is 2.35 bits per heavy atom. The highest BCUT2D eigenvalue weighted by Crippen LogP contribution is 2.29. The molecule has 112 valence electrons. The number of rotatable bonds is 8. The van der Waals surface area contributed by atoms with E-state index in [-0.39, 0.29) is 0 Å². The second-order valence-electron chi connectivity index (χ2n) is 5.13. The Morgan fingerprint density at radius 3 is 3.10 bits per heavy atom. The summed E-state index contributed by atoms with van der Waals surface area (Å²) >= 11 is 3.58. The summed E-state index contributed by atoms with van der Waals surface area (Å²) in [6, 6.07) is 6.20. The van der Waals surface area contributed by atoms with E-state index in [1.54, 1.807) is 0 Å². The number of ether oxygens (including phenoxy) is 2. The van der Waals surface area contributed by atoms with E-state index >= 15 is 0 Å². The molecule has 0 aliphatic carbocycles. The van der Waals surface area contributed by atoms with Gasteiger partial charge in [0.05, 0.1) is 17.2 Å². The van der Waals surface area contributed by atoms with Crippen LogP contribution < -0.4 is 10.1 Å². The number of nitrogens with one attached hydrogen (secondary N) is 1. The van der Waals surface area contributed by atoms with Crippen molar-refractivity contribution in [2.75, 3.05) is 19.8 Å². The Hall–Kier alpha value is -0.580. The first-order valence-corrected chi connectivity index (χ1v) is 8.33. The van der Waals surface area contributed by atoms with Crippen molar-refractivity contribution < 1.29 is 9.47 Å². The lowest BCUT2D eigenvalue weighted by molar-refractivity contribution is 0.0980. The smallest absolute Gasteiger partial charge is 0.137 e. The third-order valence-electron chi connectivity index (χ3n) is 3.55. The van der Waals surface area contributed by atoms with E-state index in [2.05, 4.69) is 40.3 Å². The van der Waals surface area contributed by atoms with E-state index in [0.29, 0.717) is 6.10 Å². The van der Waals surface area contributed by atoms with Crippen LogP contribution in [0.1, 0.15) is 38.2 Å². The molecule has 0 radical (unpaired) electrons. The molecule has 1 unspecified atom stereocenters. The molecule has 1 saturated heterocycles.